The van der Waals surface area contributed by atoms with Crippen molar-refractivity contribution in [3.05, 3.63) is 52.9 Å². The van der Waals surface area contributed by atoms with Gasteiger partial charge < -0.3 is 24.4 Å². The Balaban J connectivity index is 1.25. The number of ketones is 1. The molecule has 0 radical (unpaired) electrons. The Morgan fingerprint density at radius 2 is 1.90 bits per heavy atom. The maximum atomic E-state index is 13.9. The number of amides is 1. The zero-order chi connectivity index (χ0) is 30.0. The summed E-state index contributed by atoms with van der Waals surface area (Å²) in [4.78, 5) is 32.5. The molecule has 1 amide bonds. The summed E-state index contributed by atoms with van der Waals surface area (Å²) < 4.78 is 11.5. The van der Waals surface area contributed by atoms with Crippen molar-refractivity contribution in [3.8, 4) is 16.3 Å². The van der Waals surface area contributed by atoms with E-state index in [-0.39, 0.29) is 42.7 Å². The molecule has 11 heteroatoms. The summed E-state index contributed by atoms with van der Waals surface area (Å²) in [5.74, 6) is -0.113. The maximum Gasteiger partial charge on any atom is 0.254 e. The number of carbonyl (C=O) groups is 2. The summed E-state index contributed by atoms with van der Waals surface area (Å²) in [5.41, 5.74) is 4.92. The molecule has 42 heavy (non-hydrogen) atoms. The number of nitrogens with zero attached hydrogens (tertiary/aromatic N) is 3. The zero-order valence-electron chi connectivity index (χ0n) is 24.5. The number of rotatable bonds is 10. The van der Waals surface area contributed by atoms with Crippen LogP contribution in [0.25, 0.3) is 10.4 Å². The monoisotopic (exact) mass is 596 g/mol. The van der Waals surface area contributed by atoms with Gasteiger partial charge in [-0.05, 0) is 55.3 Å². The molecule has 1 saturated carbocycles. The van der Waals surface area contributed by atoms with Gasteiger partial charge in [-0.15, -0.1) is 11.3 Å². The number of carbonyl (C=O) groups excluding carboxylic acids is 2. The van der Waals surface area contributed by atoms with Crippen LogP contribution in [-0.2, 0) is 9.59 Å². The standard InChI is InChI=1S/C31H40N4O6S/c1-17(2)28(26-14-27(34-41-26)40-24-11-9-22(36)10-12-24)31(39)35-15-23(37)13-25(35)30(38)33-18(3)20-5-7-21(8-6-20)29-19(4)32-16-42-29/h5-8,14,16-18,23-25,28,30,33,37-38H,9-13,15H2,1-4H3/t18-,23+,25-,28+,30?/m0/s1. The van der Waals surface area contributed by atoms with Crippen LogP contribution >= 0.6 is 11.3 Å². The molecule has 3 heterocycles. The molecule has 2 aromatic heterocycles. The third kappa shape index (κ3) is 6.75. The number of Topliss-reactive ketones (excluding diaryl/α,β-unsaturated/α-hetero) is 1. The molecule has 5 atom stereocenters. The van der Waals surface area contributed by atoms with Crippen molar-refractivity contribution in [2.24, 2.45) is 5.92 Å². The first-order valence-electron chi connectivity index (χ1n) is 14.7. The summed E-state index contributed by atoms with van der Waals surface area (Å²) in [5, 5.41) is 29.1. The summed E-state index contributed by atoms with van der Waals surface area (Å²) in [6.45, 7) is 7.92. The third-order valence-corrected chi connectivity index (χ3v) is 9.31. The Morgan fingerprint density at radius 3 is 2.55 bits per heavy atom. The highest BCUT2D eigenvalue weighted by Crippen LogP contribution is 2.34. The first-order chi connectivity index (χ1) is 20.1. The van der Waals surface area contributed by atoms with Gasteiger partial charge in [0, 0.05) is 31.5 Å². The van der Waals surface area contributed by atoms with E-state index >= 15 is 0 Å². The molecular weight excluding hydrogens is 556 g/mol. The fourth-order valence-electron chi connectivity index (χ4n) is 5.95. The molecule has 10 nitrogen and oxygen atoms in total. The first kappa shape index (κ1) is 30.3. The van der Waals surface area contributed by atoms with Crippen LogP contribution < -0.4 is 10.1 Å². The van der Waals surface area contributed by atoms with E-state index in [2.05, 4.69) is 15.5 Å². The fourth-order valence-corrected chi connectivity index (χ4v) is 6.76. The number of nitrogens with one attached hydrogen (secondary N) is 1. The van der Waals surface area contributed by atoms with E-state index in [0.29, 0.717) is 37.3 Å². The van der Waals surface area contributed by atoms with Crippen LogP contribution in [0.15, 0.2) is 40.4 Å². The average Bonchev–Trinajstić information content (AvgIpc) is 3.70. The predicted octanol–water partition coefficient (Wildman–Crippen LogP) is 4.37. The number of aryl methyl sites for hydroxylation is 1. The average molecular weight is 597 g/mol. The molecule has 3 N–H and O–H groups in total. The zero-order valence-corrected chi connectivity index (χ0v) is 25.3. The van der Waals surface area contributed by atoms with Crippen LogP contribution in [0, 0.1) is 12.8 Å². The van der Waals surface area contributed by atoms with E-state index in [9.17, 15) is 19.8 Å². The van der Waals surface area contributed by atoms with E-state index < -0.39 is 24.3 Å². The van der Waals surface area contributed by atoms with Gasteiger partial charge in [-0.1, -0.05) is 38.1 Å². The van der Waals surface area contributed by atoms with Crippen LogP contribution in [0.1, 0.15) is 81.9 Å². The normalized spacial score (nSPS) is 22.0. The number of aromatic nitrogens is 2. The summed E-state index contributed by atoms with van der Waals surface area (Å²) in [6, 6.07) is 8.97. The largest absolute Gasteiger partial charge is 0.472 e. The summed E-state index contributed by atoms with van der Waals surface area (Å²) >= 11 is 1.60. The van der Waals surface area contributed by atoms with Crippen LogP contribution in [0.5, 0.6) is 5.88 Å². The highest BCUT2D eigenvalue weighted by Gasteiger charge is 2.43. The number of likely N-dealkylation sites (tertiary alicyclic amines) is 1. The van der Waals surface area contributed by atoms with Crippen molar-refractivity contribution < 1.29 is 29.1 Å². The van der Waals surface area contributed by atoms with E-state index in [1.165, 1.54) is 0 Å². The van der Waals surface area contributed by atoms with Crippen molar-refractivity contribution in [1.29, 1.82) is 0 Å². The molecular formula is C31H40N4O6S. The topological polar surface area (TPSA) is 138 Å². The number of aliphatic hydroxyl groups is 2. The van der Waals surface area contributed by atoms with Gasteiger partial charge in [0.25, 0.3) is 5.88 Å². The second-order valence-corrected chi connectivity index (χ2v) is 12.7. The molecule has 3 aromatic rings. The molecule has 226 valence electrons. The number of thiazole rings is 1. The van der Waals surface area contributed by atoms with Crippen molar-refractivity contribution in [2.45, 2.75) is 96.2 Å². The molecule has 5 rings (SSSR count). The molecule has 1 aliphatic heterocycles. The number of benzene rings is 1. The number of hydrogen-bond donors (Lipinski definition) is 3. The van der Waals surface area contributed by atoms with Gasteiger partial charge >= 0.3 is 0 Å². The minimum atomic E-state index is -1.06. The van der Waals surface area contributed by atoms with Gasteiger partial charge in [-0.25, -0.2) is 4.98 Å². The first-order valence-corrected chi connectivity index (χ1v) is 15.6. The minimum absolute atomic E-state index is 0.108. The van der Waals surface area contributed by atoms with Crippen LogP contribution in [0.2, 0.25) is 0 Å². The molecule has 0 spiro atoms. The molecule has 1 aromatic carbocycles. The predicted molar refractivity (Wildman–Crippen MR) is 158 cm³/mol. The molecule has 1 saturated heterocycles. The van der Waals surface area contributed by atoms with E-state index in [1.54, 1.807) is 22.3 Å². The van der Waals surface area contributed by atoms with Crippen LogP contribution in [0.4, 0.5) is 0 Å². The maximum absolute atomic E-state index is 13.9. The third-order valence-electron chi connectivity index (χ3n) is 8.33. The lowest BCUT2D eigenvalue weighted by Gasteiger charge is -2.33. The highest BCUT2D eigenvalue weighted by molar-refractivity contribution is 7.13. The van der Waals surface area contributed by atoms with E-state index in [0.717, 1.165) is 21.7 Å². The molecule has 2 aliphatic rings. The lowest BCUT2D eigenvalue weighted by atomic mass is 9.91. The van der Waals surface area contributed by atoms with Gasteiger partial charge in [0.1, 0.15) is 24.0 Å². The molecule has 1 unspecified atom stereocenters. The van der Waals surface area contributed by atoms with Crippen molar-refractivity contribution in [3.63, 3.8) is 0 Å². The lowest BCUT2D eigenvalue weighted by molar-refractivity contribution is -0.138. The van der Waals surface area contributed by atoms with Gasteiger partial charge in [0.15, 0.2) is 5.76 Å². The second-order valence-electron chi connectivity index (χ2n) is 11.8. The van der Waals surface area contributed by atoms with Crippen molar-refractivity contribution in [2.75, 3.05) is 6.54 Å². The minimum Gasteiger partial charge on any atom is -0.472 e. The molecule has 0 bridgehead atoms. The van der Waals surface area contributed by atoms with E-state index in [1.807, 2.05) is 57.5 Å². The highest BCUT2D eigenvalue weighted by atomic mass is 32.1. The number of aliphatic hydroxyl groups excluding tert-OH is 2. The molecule has 2 fully saturated rings. The Bertz CT molecular complexity index is 1360. The number of β-amino-alcohol motifs (C(OH)–C–C–N with tert-alkyl or cyclic N) is 1. The second kappa shape index (κ2) is 13.0. The van der Waals surface area contributed by atoms with Gasteiger partial charge in [0.05, 0.1) is 28.2 Å². The Kier molecular flexibility index (Phi) is 9.41. The van der Waals surface area contributed by atoms with Gasteiger partial charge in [-0.2, -0.15) is 0 Å². The fraction of sp³-hybridized carbons (Fsp3) is 0.548. The van der Waals surface area contributed by atoms with E-state index in [4.69, 9.17) is 9.26 Å². The number of ether oxygens (including phenoxy) is 1. The Morgan fingerprint density at radius 1 is 1.19 bits per heavy atom. The number of hydrogen-bond acceptors (Lipinski definition) is 10. The SMILES string of the molecule is Cc1ncsc1-c1ccc([C@H](C)NC(O)[C@@H]2C[C@@H](O)CN2C(=O)[C@@H](c2cc(OC3CCC(=O)CC3)no2)C(C)C)cc1. The summed E-state index contributed by atoms with van der Waals surface area (Å²) in [6.07, 6.45) is 0.611. The van der Waals surface area contributed by atoms with Crippen molar-refractivity contribution >= 4 is 23.0 Å². The van der Waals surface area contributed by atoms with Crippen molar-refractivity contribution in [1.82, 2.24) is 20.4 Å². The quantitative estimate of drug-likeness (QED) is 0.291. The van der Waals surface area contributed by atoms with Gasteiger partial charge in [0.2, 0.25) is 5.91 Å². The van der Waals surface area contributed by atoms with Crippen LogP contribution in [-0.4, -0.2) is 68.0 Å². The molecule has 1 aliphatic carbocycles. The Hall–Kier alpha value is -3.12. The van der Waals surface area contributed by atoms with Crippen LogP contribution in [0.3, 0.4) is 0 Å². The smallest absolute Gasteiger partial charge is 0.254 e. The lowest BCUT2D eigenvalue weighted by Crippen LogP contribution is -2.51. The summed E-state index contributed by atoms with van der Waals surface area (Å²) in [7, 11) is 0. The van der Waals surface area contributed by atoms with Gasteiger partial charge in [-0.3, -0.25) is 14.9 Å². The Labute approximate surface area is 250 Å².